The van der Waals surface area contributed by atoms with Gasteiger partial charge >= 0.3 is 0 Å². The number of benzene rings is 3. The third kappa shape index (κ3) is 8.95. The van der Waals surface area contributed by atoms with Gasteiger partial charge in [0.05, 0.1) is 23.1 Å². The Bertz CT molecular complexity index is 2150. The molecule has 0 bridgehead atoms. The van der Waals surface area contributed by atoms with Crippen molar-refractivity contribution in [1.82, 2.24) is 18.7 Å². The maximum absolute atomic E-state index is 5.23. The maximum atomic E-state index is 5.23. The Hall–Kier alpha value is -3.78. The summed E-state index contributed by atoms with van der Waals surface area (Å²) in [5.41, 5.74) is 12.9. The molecule has 55 heavy (non-hydrogen) atoms. The zero-order valence-corrected chi connectivity index (χ0v) is 36.0. The van der Waals surface area contributed by atoms with Crippen molar-refractivity contribution >= 4 is 56.5 Å². The summed E-state index contributed by atoms with van der Waals surface area (Å²) >= 11 is 4.89. The summed E-state index contributed by atoms with van der Waals surface area (Å²) < 4.78 is 9.88. The Labute approximate surface area is 340 Å². The highest BCUT2D eigenvalue weighted by Gasteiger charge is 2.25. The average Bonchev–Trinajstić information content (AvgIpc) is 4.01. The smallest absolute Gasteiger partial charge is 0.116 e. The molecule has 4 heterocycles. The van der Waals surface area contributed by atoms with Crippen LogP contribution in [0.3, 0.4) is 0 Å². The number of fused-ring (bicyclic) bond motifs is 2. The third-order valence-electron chi connectivity index (χ3n) is 11.7. The molecule has 286 valence electrons. The minimum Gasteiger partial charge on any atom is -0.249 e. The summed E-state index contributed by atoms with van der Waals surface area (Å²) in [6.45, 7) is 13.4. The second-order valence-electron chi connectivity index (χ2n) is 15.4. The normalized spacial score (nSPS) is 12.9. The van der Waals surface area contributed by atoms with Crippen molar-refractivity contribution in [2.24, 2.45) is 11.8 Å². The predicted octanol–water partition coefficient (Wildman–Crippen LogP) is 15.3. The van der Waals surface area contributed by atoms with Crippen LogP contribution in [-0.2, 0) is 12.8 Å². The molecule has 4 aromatic heterocycles. The lowest BCUT2D eigenvalue weighted by atomic mass is 9.92. The fourth-order valence-corrected chi connectivity index (χ4v) is 10.6. The second kappa shape index (κ2) is 18.4. The average molecular weight is 785 g/mol. The summed E-state index contributed by atoms with van der Waals surface area (Å²) in [7, 11) is 0. The van der Waals surface area contributed by atoms with Gasteiger partial charge in [0.15, 0.2) is 0 Å². The number of thiophene rings is 2. The van der Waals surface area contributed by atoms with Gasteiger partial charge in [0.25, 0.3) is 0 Å². The van der Waals surface area contributed by atoms with Gasteiger partial charge in [-0.25, -0.2) is 9.97 Å². The van der Waals surface area contributed by atoms with Crippen LogP contribution in [0.1, 0.15) is 114 Å². The molecule has 0 aliphatic heterocycles. The van der Waals surface area contributed by atoms with Crippen LogP contribution < -0.4 is 0 Å². The number of nitrogens with zero attached hydrogens (tertiary/aromatic N) is 4. The molecule has 4 nitrogen and oxygen atoms in total. The first-order valence-corrected chi connectivity index (χ1v) is 23.1. The molecule has 0 N–H and O–H groups in total. The van der Waals surface area contributed by atoms with Crippen LogP contribution in [0.5, 0.6) is 0 Å². The van der Waals surface area contributed by atoms with Gasteiger partial charge in [0.1, 0.15) is 22.1 Å². The Balaban J connectivity index is 1.17. The fraction of sp³-hybridized carbons (Fsp3) is 0.417. The molecule has 2 unspecified atom stereocenters. The molecule has 2 atom stereocenters. The lowest BCUT2D eigenvalue weighted by Crippen LogP contribution is -2.01. The fourth-order valence-electron chi connectivity index (χ4n) is 7.92. The van der Waals surface area contributed by atoms with Crippen molar-refractivity contribution < 1.29 is 0 Å². The molecule has 0 radical (unpaired) electrons. The van der Waals surface area contributed by atoms with Crippen molar-refractivity contribution in [3.63, 3.8) is 0 Å². The zero-order valence-electron chi connectivity index (χ0n) is 33.6. The largest absolute Gasteiger partial charge is 0.249 e. The molecule has 0 amide bonds. The molecule has 3 aromatic carbocycles. The summed E-state index contributed by atoms with van der Waals surface area (Å²) in [5, 5.41) is 0. The van der Waals surface area contributed by atoms with Gasteiger partial charge in [-0.15, -0.1) is 22.7 Å². The molecule has 0 saturated heterocycles. The van der Waals surface area contributed by atoms with Crippen molar-refractivity contribution in [2.75, 3.05) is 0 Å². The summed E-state index contributed by atoms with van der Waals surface area (Å²) in [5.74, 6) is 1.66. The molecule has 0 aliphatic carbocycles. The number of aryl methyl sites for hydroxylation is 4. The van der Waals surface area contributed by atoms with E-state index in [1.165, 1.54) is 108 Å². The van der Waals surface area contributed by atoms with Crippen LogP contribution in [0, 0.1) is 25.7 Å². The SMILES string of the molecule is CCCCC(CC)CCc1ccc(-c2ccc(-c3c4nsnc4c(-c4ccc(-c5ccc(CCC(CC)CCCC)cc5)s4)c4nc(C)c(C)nc34)s2)cc1. The highest BCUT2D eigenvalue weighted by atomic mass is 32.1. The number of hydrogen-bond donors (Lipinski definition) is 0. The van der Waals surface area contributed by atoms with E-state index in [1.807, 2.05) is 0 Å². The van der Waals surface area contributed by atoms with Gasteiger partial charge in [-0.2, -0.15) is 8.75 Å². The lowest BCUT2D eigenvalue weighted by molar-refractivity contribution is 0.422. The molecule has 7 heteroatoms. The van der Waals surface area contributed by atoms with Gasteiger partial charge in [-0.1, -0.05) is 128 Å². The van der Waals surface area contributed by atoms with Crippen molar-refractivity contribution in [2.45, 2.75) is 119 Å². The van der Waals surface area contributed by atoms with E-state index in [0.29, 0.717) is 0 Å². The molecule has 7 aromatic rings. The van der Waals surface area contributed by atoms with Crippen molar-refractivity contribution in [3.05, 3.63) is 95.3 Å². The number of unbranched alkanes of at least 4 members (excludes halogenated alkanes) is 2. The van der Waals surface area contributed by atoms with Crippen LogP contribution in [-0.4, -0.2) is 18.7 Å². The molecule has 0 spiro atoms. The van der Waals surface area contributed by atoms with Crippen LogP contribution in [0.25, 0.3) is 63.8 Å². The first-order chi connectivity index (χ1) is 26.9. The lowest BCUT2D eigenvalue weighted by Gasteiger charge is -2.14. The molecule has 7 rings (SSSR count). The van der Waals surface area contributed by atoms with Crippen LogP contribution in [0.2, 0.25) is 0 Å². The van der Waals surface area contributed by atoms with Gasteiger partial charge in [-0.05, 0) is 97.9 Å². The van der Waals surface area contributed by atoms with Crippen LogP contribution in [0.15, 0.2) is 72.8 Å². The van der Waals surface area contributed by atoms with Gasteiger partial charge in [0, 0.05) is 30.6 Å². The van der Waals surface area contributed by atoms with Crippen LogP contribution in [0.4, 0.5) is 0 Å². The minimum atomic E-state index is 0.830. The number of hydrogen-bond acceptors (Lipinski definition) is 7. The Morgan fingerprint density at radius 2 is 0.873 bits per heavy atom. The summed E-state index contributed by atoms with van der Waals surface area (Å²) in [6, 6.07) is 27.5. The molecular weight excluding hydrogens is 729 g/mol. The number of rotatable bonds is 18. The van der Waals surface area contributed by atoms with Gasteiger partial charge in [-0.3, -0.25) is 0 Å². The highest BCUT2D eigenvalue weighted by molar-refractivity contribution is 7.19. The molecule has 0 fully saturated rings. The predicted molar refractivity (Wildman–Crippen MR) is 241 cm³/mol. The van der Waals surface area contributed by atoms with E-state index >= 15 is 0 Å². The van der Waals surface area contributed by atoms with Gasteiger partial charge in [0.2, 0.25) is 0 Å². The minimum absolute atomic E-state index is 0.830. The third-order valence-corrected chi connectivity index (χ3v) is 14.5. The first-order valence-electron chi connectivity index (χ1n) is 20.7. The Morgan fingerprint density at radius 1 is 0.473 bits per heavy atom. The van der Waals surface area contributed by atoms with E-state index in [-0.39, 0.29) is 0 Å². The van der Waals surface area contributed by atoms with E-state index in [9.17, 15) is 0 Å². The standard InChI is InChI=1S/C48H56N4S3/c1-7-11-13-33(9-3)15-17-35-19-23-37(24-20-35)39-27-29-41(53-39)43-45-46(50-32(6)31(5)49-45)44(48-47(43)51-55-52-48)42-30-28-40(54-42)38-25-21-36(22-26-38)18-16-34(10-4)14-12-8-2/h19-30,33-34H,7-18H2,1-6H3. The number of aromatic nitrogens is 4. The van der Waals surface area contributed by atoms with E-state index < -0.39 is 0 Å². The van der Waals surface area contributed by atoms with E-state index in [2.05, 4.69) is 114 Å². The first kappa shape index (κ1) is 39.5. The second-order valence-corrected chi connectivity index (χ2v) is 18.1. The summed E-state index contributed by atoms with van der Waals surface area (Å²) in [4.78, 5) is 15.3. The monoisotopic (exact) mass is 784 g/mol. The van der Waals surface area contributed by atoms with Gasteiger partial charge < -0.3 is 0 Å². The summed E-state index contributed by atoms with van der Waals surface area (Å²) in [6.07, 6.45) is 15.4. The molecule has 0 saturated carbocycles. The van der Waals surface area contributed by atoms with Crippen molar-refractivity contribution in [1.29, 1.82) is 0 Å². The quantitative estimate of drug-likeness (QED) is 0.0869. The van der Waals surface area contributed by atoms with E-state index in [4.69, 9.17) is 18.7 Å². The highest BCUT2D eigenvalue weighted by Crippen LogP contribution is 2.47. The maximum Gasteiger partial charge on any atom is 0.116 e. The van der Waals surface area contributed by atoms with Crippen LogP contribution >= 0.6 is 34.4 Å². The Kier molecular flexibility index (Phi) is 13.2. The molecular formula is C48H56N4S3. The zero-order chi connectivity index (χ0) is 38.3. The van der Waals surface area contributed by atoms with E-state index in [0.717, 1.165) is 79.0 Å². The van der Waals surface area contributed by atoms with E-state index in [1.54, 1.807) is 22.7 Å². The topological polar surface area (TPSA) is 51.6 Å². The van der Waals surface area contributed by atoms with Crippen molar-refractivity contribution in [3.8, 4) is 41.8 Å². The molecule has 0 aliphatic rings. The Morgan fingerprint density at radius 3 is 1.25 bits per heavy atom.